The third-order valence-corrected chi connectivity index (χ3v) is 5.34. The SMILES string of the molecule is CC[C@@H](C)NC(=O)[C@@H](C)N(Cc1cccc(OC)c1)C(=O)COc1cc(OC)cc(OC)c1. The second-order valence-corrected chi connectivity index (χ2v) is 7.70. The Balaban J connectivity index is 2.22. The summed E-state index contributed by atoms with van der Waals surface area (Å²) in [6, 6.07) is 11.8. The van der Waals surface area contributed by atoms with E-state index < -0.39 is 6.04 Å². The van der Waals surface area contributed by atoms with E-state index in [2.05, 4.69) is 5.32 Å². The van der Waals surface area contributed by atoms with Crippen molar-refractivity contribution in [3.8, 4) is 23.0 Å². The van der Waals surface area contributed by atoms with E-state index in [1.54, 1.807) is 32.2 Å². The minimum Gasteiger partial charge on any atom is -0.497 e. The molecule has 0 spiro atoms. The summed E-state index contributed by atoms with van der Waals surface area (Å²) in [6.45, 7) is 5.62. The first-order chi connectivity index (χ1) is 15.8. The Morgan fingerprint density at radius 2 is 1.52 bits per heavy atom. The summed E-state index contributed by atoms with van der Waals surface area (Å²) in [6.07, 6.45) is 0.795. The molecule has 2 aromatic carbocycles. The van der Waals surface area contributed by atoms with Gasteiger partial charge in [-0.2, -0.15) is 0 Å². The maximum Gasteiger partial charge on any atom is 0.261 e. The largest absolute Gasteiger partial charge is 0.497 e. The van der Waals surface area contributed by atoms with Crippen molar-refractivity contribution in [1.29, 1.82) is 0 Å². The third-order valence-electron chi connectivity index (χ3n) is 5.34. The normalized spacial score (nSPS) is 12.3. The van der Waals surface area contributed by atoms with Gasteiger partial charge in [0, 0.05) is 30.8 Å². The average Bonchev–Trinajstić information content (AvgIpc) is 2.84. The summed E-state index contributed by atoms with van der Waals surface area (Å²) in [5.74, 6) is 1.65. The van der Waals surface area contributed by atoms with E-state index in [0.717, 1.165) is 12.0 Å². The highest BCUT2D eigenvalue weighted by Gasteiger charge is 2.27. The number of benzene rings is 2. The smallest absolute Gasteiger partial charge is 0.261 e. The molecule has 0 unspecified atom stereocenters. The van der Waals surface area contributed by atoms with Crippen molar-refractivity contribution in [2.45, 2.75) is 45.8 Å². The molecule has 0 aliphatic carbocycles. The lowest BCUT2D eigenvalue weighted by atomic mass is 10.1. The number of methoxy groups -OCH3 is 3. The Bertz CT molecular complexity index is 911. The van der Waals surface area contributed by atoms with Gasteiger partial charge in [-0.3, -0.25) is 9.59 Å². The monoisotopic (exact) mass is 458 g/mol. The predicted molar refractivity (Wildman–Crippen MR) is 126 cm³/mol. The minimum absolute atomic E-state index is 0.00854. The van der Waals surface area contributed by atoms with Crippen molar-refractivity contribution in [3.63, 3.8) is 0 Å². The van der Waals surface area contributed by atoms with Gasteiger partial charge in [-0.25, -0.2) is 0 Å². The molecule has 0 fully saturated rings. The first-order valence-corrected chi connectivity index (χ1v) is 10.9. The fraction of sp³-hybridized carbons (Fsp3) is 0.440. The molecule has 180 valence electrons. The van der Waals surface area contributed by atoms with Crippen LogP contribution in [-0.4, -0.2) is 56.7 Å². The topological polar surface area (TPSA) is 86.3 Å². The van der Waals surface area contributed by atoms with E-state index in [4.69, 9.17) is 18.9 Å². The highest BCUT2D eigenvalue weighted by atomic mass is 16.5. The second kappa shape index (κ2) is 12.6. The number of hydrogen-bond acceptors (Lipinski definition) is 6. The van der Waals surface area contributed by atoms with Crippen LogP contribution >= 0.6 is 0 Å². The molecule has 0 radical (unpaired) electrons. The van der Waals surface area contributed by atoms with Crippen LogP contribution in [0.5, 0.6) is 23.0 Å². The maximum atomic E-state index is 13.2. The first-order valence-electron chi connectivity index (χ1n) is 10.9. The predicted octanol–water partition coefficient (Wildman–Crippen LogP) is 3.42. The molecule has 0 saturated heterocycles. The number of hydrogen-bond donors (Lipinski definition) is 1. The molecule has 0 heterocycles. The molecular weight excluding hydrogens is 424 g/mol. The highest BCUT2D eigenvalue weighted by molar-refractivity contribution is 5.88. The number of nitrogens with one attached hydrogen (secondary N) is 1. The second-order valence-electron chi connectivity index (χ2n) is 7.70. The third kappa shape index (κ3) is 7.59. The van der Waals surface area contributed by atoms with Crippen LogP contribution in [-0.2, 0) is 16.1 Å². The van der Waals surface area contributed by atoms with Gasteiger partial charge in [-0.15, -0.1) is 0 Å². The number of rotatable bonds is 12. The van der Waals surface area contributed by atoms with Gasteiger partial charge in [0.2, 0.25) is 5.91 Å². The van der Waals surface area contributed by atoms with E-state index >= 15 is 0 Å². The molecule has 0 bridgehead atoms. The summed E-state index contributed by atoms with van der Waals surface area (Å²) < 4.78 is 21.5. The summed E-state index contributed by atoms with van der Waals surface area (Å²) in [4.78, 5) is 27.5. The summed E-state index contributed by atoms with van der Waals surface area (Å²) in [7, 11) is 4.66. The van der Waals surface area contributed by atoms with Crippen LogP contribution < -0.4 is 24.3 Å². The van der Waals surface area contributed by atoms with Crippen LogP contribution in [0.1, 0.15) is 32.8 Å². The summed E-state index contributed by atoms with van der Waals surface area (Å²) in [5, 5.41) is 2.95. The Kier molecular flexibility index (Phi) is 9.84. The van der Waals surface area contributed by atoms with Crippen LogP contribution in [0, 0.1) is 0 Å². The fourth-order valence-corrected chi connectivity index (χ4v) is 3.11. The Morgan fingerprint density at radius 3 is 2.09 bits per heavy atom. The number of nitrogens with zero attached hydrogens (tertiary/aromatic N) is 1. The van der Waals surface area contributed by atoms with Crippen molar-refractivity contribution >= 4 is 11.8 Å². The quantitative estimate of drug-likeness (QED) is 0.525. The van der Waals surface area contributed by atoms with Crippen molar-refractivity contribution in [2.75, 3.05) is 27.9 Å². The summed E-state index contributed by atoms with van der Waals surface area (Å²) >= 11 is 0. The van der Waals surface area contributed by atoms with Crippen molar-refractivity contribution in [2.24, 2.45) is 0 Å². The molecule has 2 amide bonds. The van der Waals surface area contributed by atoms with E-state index in [9.17, 15) is 9.59 Å². The number of ether oxygens (including phenoxy) is 4. The standard InChI is InChI=1S/C25H34N2O6/c1-7-17(2)26-25(29)18(3)27(15-19-9-8-10-20(11-19)30-4)24(28)16-33-23-13-21(31-5)12-22(14-23)32-6/h8-14,17-18H,7,15-16H2,1-6H3,(H,26,29)/t17-,18-/m1/s1. The molecule has 0 aromatic heterocycles. The van der Waals surface area contributed by atoms with E-state index in [1.807, 2.05) is 38.1 Å². The number of carbonyl (C=O) groups excluding carboxylic acids is 2. The van der Waals surface area contributed by atoms with Gasteiger partial charge in [0.05, 0.1) is 21.3 Å². The zero-order valence-electron chi connectivity index (χ0n) is 20.2. The van der Waals surface area contributed by atoms with Gasteiger partial charge in [0.25, 0.3) is 5.91 Å². The molecule has 2 aromatic rings. The Morgan fingerprint density at radius 1 is 0.909 bits per heavy atom. The van der Waals surface area contributed by atoms with Crippen LogP contribution in [0.3, 0.4) is 0 Å². The lowest BCUT2D eigenvalue weighted by Gasteiger charge is -2.29. The van der Waals surface area contributed by atoms with E-state index in [-0.39, 0.29) is 31.0 Å². The number of carbonyl (C=O) groups is 2. The number of amides is 2. The maximum absolute atomic E-state index is 13.2. The van der Waals surface area contributed by atoms with Gasteiger partial charge >= 0.3 is 0 Å². The molecule has 2 atom stereocenters. The molecule has 0 saturated carbocycles. The highest BCUT2D eigenvalue weighted by Crippen LogP contribution is 2.27. The Labute approximate surface area is 195 Å². The van der Waals surface area contributed by atoms with E-state index in [1.165, 1.54) is 19.1 Å². The lowest BCUT2D eigenvalue weighted by molar-refractivity contribution is -0.142. The van der Waals surface area contributed by atoms with Crippen molar-refractivity contribution in [3.05, 3.63) is 48.0 Å². The Hall–Kier alpha value is -3.42. The van der Waals surface area contributed by atoms with Crippen LogP contribution in [0.4, 0.5) is 0 Å². The molecule has 2 rings (SSSR count). The first kappa shape index (κ1) is 25.8. The minimum atomic E-state index is -0.693. The molecule has 0 aliphatic heterocycles. The van der Waals surface area contributed by atoms with Gasteiger partial charge in [0.1, 0.15) is 29.0 Å². The average molecular weight is 459 g/mol. The molecule has 8 nitrogen and oxygen atoms in total. The fourth-order valence-electron chi connectivity index (χ4n) is 3.11. The van der Waals surface area contributed by atoms with Gasteiger partial charge in [-0.05, 0) is 38.0 Å². The van der Waals surface area contributed by atoms with Crippen molar-refractivity contribution < 1.29 is 28.5 Å². The van der Waals surface area contributed by atoms with Crippen LogP contribution in [0.2, 0.25) is 0 Å². The zero-order valence-corrected chi connectivity index (χ0v) is 20.2. The molecule has 33 heavy (non-hydrogen) atoms. The lowest BCUT2D eigenvalue weighted by Crippen LogP contribution is -2.50. The van der Waals surface area contributed by atoms with Gasteiger partial charge in [0.15, 0.2) is 6.61 Å². The van der Waals surface area contributed by atoms with Crippen molar-refractivity contribution in [1.82, 2.24) is 10.2 Å². The molecule has 0 aliphatic rings. The van der Waals surface area contributed by atoms with Crippen LogP contribution in [0.15, 0.2) is 42.5 Å². The summed E-state index contributed by atoms with van der Waals surface area (Å²) in [5.41, 5.74) is 0.842. The van der Waals surface area contributed by atoms with Gasteiger partial charge in [-0.1, -0.05) is 19.1 Å². The van der Waals surface area contributed by atoms with E-state index in [0.29, 0.717) is 23.0 Å². The molecule has 8 heteroatoms. The molecule has 1 N–H and O–H groups in total. The zero-order chi connectivity index (χ0) is 24.4. The van der Waals surface area contributed by atoms with Crippen LogP contribution in [0.25, 0.3) is 0 Å². The van der Waals surface area contributed by atoms with Gasteiger partial charge < -0.3 is 29.2 Å². The molecular formula is C25H34N2O6.